The maximum Gasteiger partial charge on any atom is 0.0645 e. The van der Waals surface area contributed by atoms with E-state index in [2.05, 4.69) is 41.2 Å². The largest absolute Gasteiger partial charge is 0.328 e. The Labute approximate surface area is 138 Å². The van der Waals surface area contributed by atoms with E-state index in [1.54, 1.807) is 6.20 Å². The summed E-state index contributed by atoms with van der Waals surface area (Å²) in [6, 6.07) is 10.9. The third-order valence-corrected chi connectivity index (χ3v) is 4.40. The molecule has 1 fully saturated rings. The zero-order chi connectivity index (χ0) is 14.7. The molecule has 120 valence electrons. The van der Waals surface area contributed by atoms with Gasteiger partial charge in [-0.1, -0.05) is 12.1 Å². The molecule has 4 nitrogen and oxygen atoms in total. The van der Waals surface area contributed by atoms with Gasteiger partial charge in [0.05, 0.1) is 5.69 Å². The Balaban J connectivity index is 0.00000176. The lowest BCUT2D eigenvalue weighted by atomic mass is 9.92. The summed E-state index contributed by atoms with van der Waals surface area (Å²) in [5.74, 6) is 0.641. The second-order valence-corrected chi connectivity index (χ2v) is 6.11. The number of piperidine rings is 1. The van der Waals surface area contributed by atoms with Gasteiger partial charge in [-0.2, -0.15) is 5.10 Å². The van der Waals surface area contributed by atoms with Gasteiger partial charge in [0.2, 0.25) is 0 Å². The highest BCUT2D eigenvalue weighted by atomic mass is 35.5. The fraction of sp³-hybridized carbons (Fsp3) is 0.471. The number of likely N-dealkylation sites (tertiary alicyclic amines) is 1. The zero-order valence-electron chi connectivity index (χ0n) is 13.1. The molecule has 0 spiro atoms. The Kier molecular flexibility index (Phi) is 6.00. The van der Waals surface area contributed by atoms with Crippen molar-refractivity contribution < 1.29 is 0 Å². The van der Waals surface area contributed by atoms with Gasteiger partial charge in [-0.15, -0.1) is 12.4 Å². The van der Waals surface area contributed by atoms with Gasteiger partial charge in [-0.05, 0) is 56.0 Å². The van der Waals surface area contributed by atoms with Gasteiger partial charge < -0.3 is 5.73 Å². The van der Waals surface area contributed by atoms with E-state index in [9.17, 15) is 0 Å². The molecule has 2 unspecified atom stereocenters. The smallest absolute Gasteiger partial charge is 0.0645 e. The summed E-state index contributed by atoms with van der Waals surface area (Å²) in [7, 11) is 0. The molecule has 0 saturated carbocycles. The molecule has 1 aliphatic rings. The minimum absolute atomic E-state index is 0. The molecule has 1 aliphatic heterocycles. The van der Waals surface area contributed by atoms with Gasteiger partial charge in [0, 0.05) is 31.5 Å². The van der Waals surface area contributed by atoms with Crippen molar-refractivity contribution in [3.63, 3.8) is 0 Å². The van der Waals surface area contributed by atoms with Crippen molar-refractivity contribution >= 4 is 12.4 Å². The molecule has 1 saturated heterocycles. The van der Waals surface area contributed by atoms with Gasteiger partial charge in [0.1, 0.15) is 0 Å². The minimum Gasteiger partial charge on any atom is -0.328 e. The second kappa shape index (κ2) is 7.77. The Morgan fingerprint density at radius 2 is 2.09 bits per heavy atom. The van der Waals surface area contributed by atoms with Crippen LogP contribution in [0, 0.1) is 5.92 Å². The average Bonchev–Trinajstić information content (AvgIpc) is 3.02. The first-order valence-electron chi connectivity index (χ1n) is 7.79. The van der Waals surface area contributed by atoms with Crippen molar-refractivity contribution in [2.75, 3.05) is 13.1 Å². The number of benzene rings is 1. The van der Waals surface area contributed by atoms with Crippen LogP contribution in [0.2, 0.25) is 0 Å². The van der Waals surface area contributed by atoms with Crippen LogP contribution in [-0.2, 0) is 6.54 Å². The molecule has 5 heteroatoms. The number of rotatable bonds is 4. The van der Waals surface area contributed by atoms with E-state index in [0.29, 0.717) is 12.0 Å². The van der Waals surface area contributed by atoms with Crippen LogP contribution in [0.1, 0.15) is 25.3 Å². The van der Waals surface area contributed by atoms with Crippen molar-refractivity contribution in [3.05, 3.63) is 48.3 Å². The topological polar surface area (TPSA) is 47.1 Å². The SMILES string of the molecule is CC(N)C1CCCN(Cc2ccc(-n3cccn3)cc2)C1.Cl. The van der Waals surface area contributed by atoms with E-state index in [4.69, 9.17) is 5.73 Å². The summed E-state index contributed by atoms with van der Waals surface area (Å²) in [6.45, 7) is 5.46. The summed E-state index contributed by atoms with van der Waals surface area (Å²) in [5.41, 5.74) is 8.53. The fourth-order valence-corrected chi connectivity index (χ4v) is 3.10. The average molecular weight is 321 g/mol. The highest BCUT2D eigenvalue weighted by molar-refractivity contribution is 5.85. The van der Waals surface area contributed by atoms with Crippen LogP contribution in [-0.4, -0.2) is 33.8 Å². The lowest BCUT2D eigenvalue weighted by Gasteiger charge is -2.34. The Bertz CT molecular complexity index is 551. The van der Waals surface area contributed by atoms with Crippen molar-refractivity contribution in [2.24, 2.45) is 11.7 Å². The molecule has 1 aromatic heterocycles. The van der Waals surface area contributed by atoms with Crippen LogP contribution in [0.25, 0.3) is 5.69 Å². The number of hydrogen-bond donors (Lipinski definition) is 1. The molecule has 0 radical (unpaired) electrons. The predicted octanol–water partition coefficient (Wildman–Crippen LogP) is 2.85. The van der Waals surface area contributed by atoms with Gasteiger partial charge >= 0.3 is 0 Å². The van der Waals surface area contributed by atoms with E-state index < -0.39 is 0 Å². The first-order valence-corrected chi connectivity index (χ1v) is 7.79. The molecule has 0 bridgehead atoms. The molecule has 0 amide bonds. The number of halogens is 1. The predicted molar refractivity (Wildman–Crippen MR) is 92.5 cm³/mol. The maximum atomic E-state index is 6.06. The minimum atomic E-state index is 0. The van der Waals surface area contributed by atoms with Crippen LogP contribution in [0.4, 0.5) is 0 Å². The molecule has 22 heavy (non-hydrogen) atoms. The normalized spacial score (nSPS) is 20.4. The summed E-state index contributed by atoms with van der Waals surface area (Å²) in [6.07, 6.45) is 6.30. The van der Waals surface area contributed by atoms with Gasteiger partial charge in [-0.3, -0.25) is 4.90 Å². The highest BCUT2D eigenvalue weighted by Gasteiger charge is 2.22. The number of aromatic nitrogens is 2. The summed E-state index contributed by atoms with van der Waals surface area (Å²) in [5, 5.41) is 4.25. The molecule has 0 aliphatic carbocycles. The van der Waals surface area contributed by atoms with Crippen molar-refractivity contribution in [3.8, 4) is 5.69 Å². The Morgan fingerprint density at radius 3 is 2.73 bits per heavy atom. The first kappa shape index (κ1) is 17.0. The fourth-order valence-electron chi connectivity index (χ4n) is 3.10. The van der Waals surface area contributed by atoms with Crippen LogP contribution in [0.3, 0.4) is 0 Å². The lowest BCUT2D eigenvalue weighted by molar-refractivity contribution is 0.154. The quantitative estimate of drug-likeness (QED) is 0.942. The number of hydrogen-bond acceptors (Lipinski definition) is 3. The standard InChI is InChI=1S/C17H24N4.ClH/c1-14(18)16-4-2-10-20(13-16)12-15-5-7-17(8-6-15)21-11-3-9-19-21;/h3,5-9,11,14,16H,2,4,10,12-13,18H2,1H3;1H. The molecule has 1 aromatic carbocycles. The third-order valence-electron chi connectivity index (χ3n) is 4.40. The van der Waals surface area contributed by atoms with E-state index in [-0.39, 0.29) is 12.4 Å². The maximum absolute atomic E-state index is 6.06. The van der Waals surface area contributed by atoms with Crippen molar-refractivity contribution in [2.45, 2.75) is 32.4 Å². The molecule has 3 rings (SSSR count). The third kappa shape index (κ3) is 4.09. The molecule has 2 atom stereocenters. The lowest BCUT2D eigenvalue weighted by Crippen LogP contribution is -2.41. The second-order valence-electron chi connectivity index (χ2n) is 6.11. The number of nitrogens with two attached hydrogens (primary N) is 1. The van der Waals surface area contributed by atoms with Crippen LogP contribution < -0.4 is 5.73 Å². The Morgan fingerprint density at radius 1 is 1.32 bits per heavy atom. The monoisotopic (exact) mass is 320 g/mol. The van der Waals surface area contributed by atoms with E-state index in [1.165, 1.54) is 24.9 Å². The van der Waals surface area contributed by atoms with Crippen molar-refractivity contribution in [1.82, 2.24) is 14.7 Å². The van der Waals surface area contributed by atoms with Gasteiger partial charge in [-0.25, -0.2) is 4.68 Å². The summed E-state index contributed by atoms with van der Waals surface area (Å²) in [4.78, 5) is 2.53. The molecule has 2 N–H and O–H groups in total. The van der Waals surface area contributed by atoms with E-state index >= 15 is 0 Å². The van der Waals surface area contributed by atoms with Crippen LogP contribution in [0.5, 0.6) is 0 Å². The van der Waals surface area contributed by atoms with Crippen LogP contribution in [0.15, 0.2) is 42.7 Å². The summed E-state index contributed by atoms with van der Waals surface area (Å²) < 4.78 is 1.89. The zero-order valence-corrected chi connectivity index (χ0v) is 13.9. The number of nitrogens with zero attached hydrogens (tertiary/aromatic N) is 3. The molecular weight excluding hydrogens is 296 g/mol. The van der Waals surface area contributed by atoms with Crippen molar-refractivity contribution in [1.29, 1.82) is 0 Å². The van der Waals surface area contributed by atoms with Crippen LogP contribution >= 0.6 is 12.4 Å². The molecule has 2 aromatic rings. The molecule has 2 heterocycles. The highest BCUT2D eigenvalue weighted by Crippen LogP contribution is 2.20. The first-order chi connectivity index (χ1) is 10.2. The van der Waals surface area contributed by atoms with Gasteiger partial charge in [0.15, 0.2) is 0 Å². The summed E-state index contributed by atoms with van der Waals surface area (Å²) >= 11 is 0. The van der Waals surface area contributed by atoms with Gasteiger partial charge in [0.25, 0.3) is 0 Å². The Hall–Kier alpha value is -1.36. The van der Waals surface area contributed by atoms with E-state index in [0.717, 1.165) is 18.8 Å². The molecular formula is C17H25ClN4. The van der Waals surface area contributed by atoms with E-state index in [1.807, 2.05) is 16.9 Å².